The number of hydrogen-bond acceptors (Lipinski definition) is 3. The lowest BCUT2D eigenvalue weighted by atomic mass is 9.97. The maximum absolute atomic E-state index is 13.5. The van der Waals surface area contributed by atoms with Crippen molar-refractivity contribution in [1.82, 2.24) is 0 Å². The van der Waals surface area contributed by atoms with E-state index in [0.717, 1.165) is 16.7 Å². The van der Waals surface area contributed by atoms with Crippen molar-refractivity contribution < 1.29 is 13.2 Å². The molecule has 0 aromatic heterocycles. The lowest BCUT2D eigenvalue weighted by Crippen LogP contribution is -2.51. The fourth-order valence-electron chi connectivity index (χ4n) is 3.81. The Kier molecular flexibility index (Phi) is 4.07. The van der Waals surface area contributed by atoms with Gasteiger partial charge in [0.15, 0.2) is 0 Å². The van der Waals surface area contributed by atoms with Crippen LogP contribution in [0.1, 0.15) is 29.5 Å². The number of fused-ring (bicyclic) bond motifs is 2. The molecule has 1 amide bonds. The number of benzene rings is 2. The molecule has 5 nitrogen and oxygen atoms in total. The SMILES string of the molecule is NC(=O)[C@H]1CCc2ccccc2N1S(=O)(=O)C1=Cc2ccccc2CC1. The zero-order chi connectivity index (χ0) is 18.3. The number of nitrogens with two attached hydrogens (primary N) is 1. The van der Waals surface area contributed by atoms with Crippen LogP contribution in [-0.4, -0.2) is 20.4 Å². The van der Waals surface area contributed by atoms with Crippen LogP contribution in [0.25, 0.3) is 6.08 Å². The first-order chi connectivity index (χ1) is 12.5. The second-order valence-electron chi connectivity index (χ2n) is 6.70. The highest BCUT2D eigenvalue weighted by Gasteiger charge is 2.40. The molecule has 0 spiro atoms. The quantitative estimate of drug-likeness (QED) is 0.904. The van der Waals surface area contributed by atoms with E-state index in [1.165, 1.54) is 4.31 Å². The van der Waals surface area contributed by atoms with E-state index in [4.69, 9.17) is 5.73 Å². The van der Waals surface area contributed by atoms with Crippen LogP contribution in [0.4, 0.5) is 5.69 Å². The summed E-state index contributed by atoms with van der Waals surface area (Å²) in [4.78, 5) is 12.3. The van der Waals surface area contributed by atoms with E-state index in [2.05, 4.69) is 0 Å². The number of amides is 1. The molecule has 26 heavy (non-hydrogen) atoms. The molecule has 134 valence electrons. The minimum Gasteiger partial charge on any atom is -0.368 e. The van der Waals surface area contributed by atoms with E-state index in [0.29, 0.717) is 36.3 Å². The van der Waals surface area contributed by atoms with Crippen molar-refractivity contribution in [3.63, 3.8) is 0 Å². The number of carbonyl (C=O) groups excluding carboxylic acids is 1. The van der Waals surface area contributed by atoms with Gasteiger partial charge in [0.25, 0.3) is 10.0 Å². The molecule has 1 heterocycles. The van der Waals surface area contributed by atoms with Gasteiger partial charge >= 0.3 is 0 Å². The summed E-state index contributed by atoms with van der Waals surface area (Å²) in [6.07, 6.45) is 3.85. The Labute approximate surface area is 153 Å². The van der Waals surface area contributed by atoms with Crippen LogP contribution in [0.5, 0.6) is 0 Å². The first-order valence-electron chi connectivity index (χ1n) is 8.68. The van der Waals surface area contributed by atoms with Gasteiger partial charge in [-0.1, -0.05) is 42.5 Å². The number of para-hydroxylation sites is 1. The van der Waals surface area contributed by atoms with Crippen LogP contribution in [0.15, 0.2) is 53.4 Å². The average Bonchev–Trinajstić information content (AvgIpc) is 2.66. The summed E-state index contributed by atoms with van der Waals surface area (Å²) in [5.74, 6) is -0.611. The highest BCUT2D eigenvalue weighted by atomic mass is 32.2. The molecule has 2 aromatic carbocycles. The lowest BCUT2D eigenvalue weighted by molar-refractivity contribution is -0.119. The zero-order valence-corrected chi connectivity index (χ0v) is 15.1. The summed E-state index contributed by atoms with van der Waals surface area (Å²) in [6, 6.07) is 14.2. The minimum atomic E-state index is -3.84. The smallest absolute Gasteiger partial charge is 0.261 e. The van der Waals surface area contributed by atoms with E-state index in [9.17, 15) is 13.2 Å². The Morgan fingerprint density at radius 1 is 0.962 bits per heavy atom. The summed E-state index contributed by atoms with van der Waals surface area (Å²) < 4.78 is 28.2. The predicted octanol–water partition coefficient (Wildman–Crippen LogP) is 2.61. The lowest BCUT2D eigenvalue weighted by Gasteiger charge is -2.37. The molecule has 0 fully saturated rings. The highest BCUT2D eigenvalue weighted by Crippen LogP contribution is 2.37. The third-order valence-corrected chi connectivity index (χ3v) is 7.08. The molecule has 0 radical (unpaired) electrons. The van der Waals surface area contributed by atoms with Crippen molar-refractivity contribution in [2.75, 3.05) is 4.31 Å². The maximum Gasteiger partial charge on any atom is 0.261 e. The van der Waals surface area contributed by atoms with Crippen molar-refractivity contribution >= 4 is 27.7 Å². The van der Waals surface area contributed by atoms with Crippen molar-refractivity contribution in [3.8, 4) is 0 Å². The summed E-state index contributed by atoms with van der Waals surface area (Å²) in [6.45, 7) is 0. The van der Waals surface area contributed by atoms with Crippen LogP contribution in [-0.2, 0) is 27.7 Å². The molecule has 0 saturated carbocycles. The second-order valence-corrected chi connectivity index (χ2v) is 8.56. The molecule has 0 bridgehead atoms. The maximum atomic E-state index is 13.5. The van der Waals surface area contributed by atoms with Crippen molar-refractivity contribution in [2.24, 2.45) is 5.73 Å². The molecule has 6 heteroatoms. The van der Waals surface area contributed by atoms with Gasteiger partial charge < -0.3 is 5.73 Å². The fourth-order valence-corrected chi connectivity index (χ4v) is 5.68. The topological polar surface area (TPSA) is 80.5 Å². The molecule has 1 aliphatic heterocycles. The summed E-state index contributed by atoms with van der Waals surface area (Å²) in [5, 5.41) is 0. The molecule has 0 saturated heterocycles. The largest absolute Gasteiger partial charge is 0.368 e. The molecule has 1 atom stereocenters. The Hall–Kier alpha value is -2.60. The van der Waals surface area contributed by atoms with Crippen LogP contribution < -0.4 is 10.0 Å². The number of hydrogen-bond donors (Lipinski definition) is 1. The summed E-state index contributed by atoms with van der Waals surface area (Å²) in [7, 11) is -3.84. The van der Waals surface area contributed by atoms with E-state index < -0.39 is 22.0 Å². The van der Waals surface area contributed by atoms with E-state index in [-0.39, 0.29) is 0 Å². The first-order valence-corrected chi connectivity index (χ1v) is 10.1. The van der Waals surface area contributed by atoms with Gasteiger partial charge in [0.05, 0.1) is 10.6 Å². The van der Waals surface area contributed by atoms with Crippen LogP contribution >= 0.6 is 0 Å². The van der Waals surface area contributed by atoms with Crippen molar-refractivity contribution in [1.29, 1.82) is 0 Å². The third-order valence-electron chi connectivity index (χ3n) is 5.13. The summed E-state index contributed by atoms with van der Waals surface area (Å²) >= 11 is 0. The summed E-state index contributed by atoms with van der Waals surface area (Å²) in [5.41, 5.74) is 9.08. The van der Waals surface area contributed by atoms with Crippen LogP contribution in [0, 0.1) is 0 Å². The fraction of sp³-hybridized carbons (Fsp3) is 0.250. The van der Waals surface area contributed by atoms with Gasteiger partial charge in [-0.05, 0) is 54.5 Å². The van der Waals surface area contributed by atoms with E-state index in [1.807, 2.05) is 36.4 Å². The zero-order valence-electron chi connectivity index (χ0n) is 14.3. The Balaban J connectivity index is 1.84. The monoisotopic (exact) mass is 368 g/mol. The number of nitrogens with zero attached hydrogens (tertiary/aromatic N) is 1. The molecule has 2 N–H and O–H groups in total. The average molecular weight is 368 g/mol. The molecule has 1 aliphatic carbocycles. The van der Waals surface area contributed by atoms with Crippen molar-refractivity contribution in [3.05, 3.63) is 70.1 Å². The third kappa shape index (κ3) is 2.70. The van der Waals surface area contributed by atoms with Gasteiger partial charge in [-0.3, -0.25) is 9.10 Å². The van der Waals surface area contributed by atoms with E-state index >= 15 is 0 Å². The normalized spacial score (nSPS) is 19.3. The molecule has 2 aromatic rings. The predicted molar refractivity (Wildman–Crippen MR) is 102 cm³/mol. The standard InChI is InChI=1S/C20H20N2O3S/c21-20(23)19-12-10-15-6-3-4-8-18(15)22(19)26(24,25)17-11-9-14-5-1-2-7-16(14)13-17/h1-8,13,19H,9-12H2,(H2,21,23)/t19-/m1/s1. The van der Waals surface area contributed by atoms with Crippen molar-refractivity contribution in [2.45, 2.75) is 31.7 Å². The van der Waals surface area contributed by atoms with Gasteiger partial charge in [-0.15, -0.1) is 0 Å². The van der Waals surface area contributed by atoms with Crippen LogP contribution in [0.2, 0.25) is 0 Å². The molecule has 4 rings (SSSR count). The van der Waals surface area contributed by atoms with Gasteiger partial charge in [0.2, 0.25) is 5.91 Å². The van der Waals surface area contributed by atoms with E-state index in [1.54, 1.807) is 18.2 Å². The second kappa shape index (κ2) is 6.29. The van der Waals surface area contributed by atoms with Gasteiger partial charge in [-0.25, -0.2) is 8.42 Å². The van der Waals surface area contributed by atoms with Gasteiger partial charge in [-0.2, -0.15) is 0 Å². The van der Waals surface area contributed by atoms with Gasteiger partial charge in [0, 0.05) is 0 Å². The number of carbonyl (C=O) groups is 1. The first kappa shape index (κ1) is 16.8. The van der Waals surface area contributed by atoms with Gasteiger partial charge in [0.1, 0.15) is 6.04 Å². The molecular weight excluding hydrogens is 348 g/mol. The molecular formula is C20H20N2O3S. The Morgan fingerprint density at radius 2 is 1.65 bits per heavy atom. The molecule has 2 aliphatic rings. The van der Waals surface area contributed by atoms with Crippen LogP contribution in [0.3, 0.4) is 0 Å². The molecule has 0 unspecified atom stereocenters. The number of allylic oxidation sites excluding steroid dienone is 1. The number of anilines is 1. The highest BCUT2D eigenvalue weighted by molar-refractivity contribution is 7.96. The number of aryl methyl sites for hydroxylation is 2. The Bertz CT molecular complexity index is 1010. The Morgan fingerprint density at radius 3 is 2.42 bits per heavy atom. The number of sulfonamides is 1. The number of primary amides is 1. The number of rotatable bonds is 3. The minimum absolute atomic E-state index is 0.333.